The van der Waals surface area contributed by atoms with Crippen LogP contribution in [0.2, 0.25) is 0 Å². The smallest absolute Gasteiger partial charge is 0.372 e. The Labute approximate surface area is 181 Å². The predicted octanol–water partition coefficient (Wildman–Crippen LogP) is 5.58. The van der Waals surface area contributed by atoms with Crippen molar-refractivity contribution in [1.82, 2.24) is 9.47 Å². The molecule has 0 radical (unpaired) electrons. The normalized spacial score (nSPS) is 16.8. The maximum atomic E-state index is 13.9. The van der Waals surface area contributed by atoms with E-state index in [2.05, 4.69) is 10.6 Å². The molecule has 2 aliphatic rings. The summed E-state index contributed by atoms with van der Waals surface area (Å²) >= 11 is 0. The van der Waals surface area contributed by atoms with Gasteiger partial charge in [-0.05, 0) is 55.3 Å². The number of amides is 2. The number of hydrogen-bond donors (Lipinski definition) is 2. The summed E-state index contributed by atoms with van der Waals surface area (Å²) in [5, 5.41) is 5.87. The van der Waals surface area contributed by atoms with Crippen LogP contribution in [-0.2, 0) is 11.7 Å². The Morgan fingerprint density at radius 1 is 1.03 bits per heavy atom. The van der Waals surface area contributed by atoms with E-state index in [-0.39, 0.29) is 11.5 Å². The highest BCUT2D eigenvalue weighted by molar-refractivity contribution is 5.90. The minimum atomic E-state index is -4.56. The van der Waals surface area contributed by atoms with Crippen molar-refractivity contribution in [2.45, 2.75) is 24.6 Å². The fraction of sp³-hybridized carbons (Fsp3) is 0.261. The van der Waals surface area contributed by atoms with Crippen molar-refractivity contribution in [2.24, 2.45) is 0 Å². The Balaban J connectivity index is 1.35. The van der Waals surface area contributed by atoms with Gasteiger partial charge in [-0.15, -0.1) is 0 Å². The third kappa shape index (κ3) is 3.37. The first kappa shape index (κ1) is 20.4. The van der Waals surface area contributed by atoms with Crippen molar-refractivity contribution in [1.29, 1.82) is 0 Å². The quantitative estimate of drug-likeness (QED) is 0.481. The zero-order valence-electron chi connectivity index (χ0n) is 16.9. The number of carbonyl (C=O) groups is 1. The molecule has 2 aromatic carbocycles. The Kier molecular flexibility index (Phi) is 4.65. The number of nitrogens with zero attached hydrogens (tertiary/aromatic N) is 2. The number of para-hydroxylation sites is 1. The van der Waals surface area contributed by atoms with E-state index < -0.39 is 23.3 Å². The van der Waals surface area contributed by atoms with Crippen LogP contribution in [-0.4, -0.2) is 28.6 Å². The highest BCUT2D eigenvalue weighted by atomic mass is 19.4. The summed E-state index contributed by atoms with van der Waals surface area (Å²) in [5.41, 5.74) is 0.891. The van der Waals surface area contributed by atoms with Gasteiger partial charge in [0.15, 0.2) is 0 Å². The fourth-order valence-corrected chi connectivity index (χ4v) is 4.63. The molecule has 5 rings (SSSR count). The Bertz CT molecular complexity index is 1180. The van der Waals surface area contributed by atoms with Gasteiger partial charge in [-0.25, -0.2) is 9.18 Å². The van der Waals surface area contributed by atoms with Crippen LogP contribution < -0.4 is 10.6 Å². The van der Waals surface area contributed by atoms with E-state index in [4.69, 9.17) is 0 Å². The van der Waals surface area contributed by atoms with Crippen LogP contribution >= 0.6 is 0 Å². The summed E-state index contributed by atoms with van der Waals surface area (Å²) in [6.45, 7) is 0.672. The van der Waals surface area contributed by atoms with E-state index in [9.17, 15) is 22.4 Å². The Morgan fingerprint density at radius 2 is 1.78 bits per heavy atom. The molecule has 0 unspecified atom stereocenters. The van der Waals surface area contributed by atoms with Crippen molar-refractivity contribution >= 4 is 17.4 Å². The van der Waals surface area contributed by atoms with Gasteiger partial charge in [0.25, 0.3) is 0 Å². The van der Waals surface area contributed by atoms with Crippen LogP contribution in [0.5, 0.6) is 0 Å². The van der Waals surface area contributed by atoms with Crippen LogP contribution in [0.25, 0.3) is 5.69 Å². The van der Waals surface area contributed by atoms with Gasteiger partial charge in [-0.1, -0.05) is 12.1 Å². The van der Waals surface area contributed by atoms with Crippen molar-refractivity contribution in [2.75, 3.05) is 23.7 Å². The summed E-state index contributed by atoms with van der Waals surface area (Å²) in [5.74, 6) is -0.345. The van der Waals surface area contributed by atoms with Gasteiger partial charge in [0.2, 0.25) is 0 Å². The maximum absolute atomic E-state index is 13.9. The van der Waals surface area contributed by atoms with Crippen LogP contribution in [0, 0.1) is 5.82 Å². The molecular formula is C23H20F4N4O. The zero-order chi connectivity index (χ0) is 22.5. The Hall–Kier alpha value is -3.49. The average Bonchev–Trinajstić information content (AvgIpc) is 3.25. The summed E-state index contributed by atoms with van der Waals surface area (Å²) in [6, 6.07) is 12.8. The number of likely N-dealkylation sites (tertiary alicyclic amines) is 1. The van der Waals surface area contributed by atoms with E-state index >= 15 is 0 Å². The number of halogens is 4. The molecule has 0 atom stereocenters. The van der Waals surface area contributed by atoms with Gasteiger partial charge in [-0.3, -0.25) is 0 Å². The molecule has 2 amide bonds. The second-order valence-electron chi connectivity index (χ2n) is 8.09. The molecule has 32 heavy (non-hydrogen) atoms. The number of fused-ring (bicyclic) bond motifs is 4. The fourth-order valence-electron chi connectivity index (χ4n) is 4.63. The number of piperidine rings is 1. The van der Waals surface area contributed by atoms with Crippen LogP contribution in [0.15, 0.2) is 60.8 Å². The number of hydrogen-bond acceptors (Lipinski definition) is 2. The van der Waals surface area contributed by atoms with Gasteiger partial charge < -0.3 is 20.1 Å². The third-order valence-electron chi connectivity index (χ3n) is 6.21. The van der Waals surface area contributed by atoms with Crippen molar-refractivity contribution in [3.8, 4) is 5.69 Å². The maximum Gasteiger partial charge on any atom is 0.418 e. The number of rotatable bonds is 1. The molecular weight excluding hydrogens is 424 g/mol. The molecule has 166 valence electrons. The third-order valence-corrected chi connectivity index (χ3v) is 6.21. The summed E-state index contributed by atoms with van der Waals surface area (Å²) in [6.07, 6.45) is -1.58. The van der Waals surface area contributed by atoms with Crippen molar-refractivity contribution in [3.05, 3.63) is 77.9 Å². The van der Waals surface area contributed by atoms with Gasteiger partial charge in [0.1, 0.15) is 5.82 Å². The van der Waals surface area contributed by atoms with Gasteiger partial charge in [0, 0.05) is 25.0 Å². The predicted molar refractivity (Wildman–Crippen MR) is 112 cm³/mol. The van der Waals surface area contributed by atoms with Gasteiger partial charge >= 0.3 is 12.2 Å². The lowest BCUT2D eigenvalue weighted by Gasteiger charge is -2.46. The average molecular weight is 444 g/mol. The van der Waals surface area contributed by atoms with E-state index in [1.807, 2.05) is 22.9 Å². The summed E-state index contributed by atoms with van der Waals surface area (Å²) < 4.78 is 55.6. The molecule has 1 saturated heterocycles. The molecule has 3 aromatic rings. The first-order chi connectivity index (χ1) is 15.3. The van der Waals surface area contributed by atoms with Crippen LogP contribution in [0.4, 0.5) is 33.7 Å². The van der Waals surface area contributed by atoms with E-state index in [1.165, 1.54) is 35.2 Å². The molecule has 2 N–H and O–H groups in total. The highest BCUT2D eigenvalue weighted by Crippen LogP contribution is 2.43. The van der Waals surface area contributed by atoms with Crippen LogP contribution in [0.1, 0.15) is 24.1 Å². The lowest BCUT2D eigenvalue weighted by atomic mass is 9.82. The number of nitrogens with one attached hydrogen (secondary N) is 2. The van der Waals surface area contributed by atoms with Gasteiger partial charge in [0.05, 0.1) is 28.2 Å². The first-order valence-electron chi connectivity index (χ1n) is 10.2. The number of anilines is 2. The largest absolute Gasteiger partial charge is 0.418 e. The second kappa shape index (κ2) is 7.29. The molecule has 0 aliphatic carbocycles. The number of benzene rings is 2. The molecule has 3 heterocycles. The van der Waals surface area contributed by atoms with E-state index in [0.29, 0.717) is 31.6 Å². The summed E-state index contributed by atoms with van der Waals surface area (Å²) in [4.78, 5) is 14.2. The molecule has 9 heteroatoms. The standard InChI is InChI=1S/C23H20F4N4O/c24-15-7-8-19-18(14-15)29-22(20-6-3-11-31(19)20)9-12-30(13-10-22)21(32)28-17-5-2-1-4-16(17)23(25,26)27/h1-8,11,14,29H,9-10,12-13H2,(H,28,32). The van der Waals surface area contributed by atoms with Crippen molar-refractivity contribution < 1.29 is 22.4 Å². The topological polar surface area (TPSA) is 49.3 Å². The molecule has 2 aliphatic heterocycles. The minimum Gasteiger partial charge on any atom is -0.372 e. The molecule has 0 bridgehead atoms. The number of carbonyl (C=O) groups excluding carboxylic acids is 1. The molecule has 1 spiro atoms. The molecule has 5 nitrogen and oxygen atoms in total. The van der Waals surface area contributed by atoms with E-state index in [1.54, 1.807) is 6.07 Å². The lowest BCUT2D eigenvalue weighted by molar-refractivity contribution is -0.136. The van der Waals surface area contributed by atoms with Crippen LogP contribution in [0.3, 0.4) is 0 Å². The highest BCUT2D eigenvalue weighted by Gasteiger charge is 2.42. The second-order valence-corrected chi connectivity index (χ2v) is 8.09. The molecule has 1 fully saturated rings. The number of alkyl halides is 3. The zero-order valence-corrected chi connectivity index (χ0v) is 16.9. The monoisotopic (exact) mass is 444 g/mol. The SMILES string of the molecule is O=C(Nc1ccccc1C(F)(F)F)N1CCC2(CC1)Nc1cc(F)ccc1-n1cccc12. The van der Waals surface area contributed by atoms with E-state index in [0.717, 1.165) is 17.4 Å². The van der Waals surface area contributed by atoms with Crippen molar-refractivity contribution in [3.63, 3.8) is 0 Å². The summed E-state index contributed by atoms with van der Waals surface area (Å²) in [7, 11) is 0. The number of urea groups is 1. The molecule has 1 aromatic heterocycles. The van der Waals surface area contributed by atoms with Gasteiger partial charge in [-0.2, -0.15) is 13.2 Å². The lowest BCUT2D eigenvalue weighted by Crippen LogP contribution is -2.51. The molecule has 0 saturated carbocycles. The Morgan fingerprint density at radius 3 is 2.53 bits per heavy atom. The first-order valence-corrected chi connectivity index (χ1v) is 10.2. The minimum absolute atomic E-state index is 0.264. The number of aromatic nitrogens is 1.